The first-order valence-electron chi connectivity index (χ1n) is 6.72. The van der Waals surface area contributed by atoms with Crippen molar-refractivity contribution in [3.8, 4) is 0 Å². The monoisotopic (exact) mass is 296 g/mol. The molecule has 0 aliphatic heterocycles. The zero-order valence-electron chi connectivity index (χ0n) is 11.5. The van der Waals surface area contributed by atoms with Crippen LogP contribution in [0, 0.1) is 5.92 Å². The molecule has 1 aliphatic rings. The highest BCUT2D eigenvalue weighted by Gasteiger charge is 2.24. The summed E-state index contributed by atoms with van der Waals surface area (Å²) in [7, 11) is 1.53. The molecule has 6 nitrogen and oxygen atoms in total. The number of nitrogens with two attached hydrogens (primary N) is 2. The molecular formula is C13H20N4O2S. The second kappa shape index (κ2) is 6.13. The number of carbonyl (C=O) groups is 2. The Bertz CT molecular complexity index is 521. The minimum atomic E-state index is -0.605. The minimum Gasteiger partial charge on any atom is -0.397 e. The van der Waals surface area contributed by atoms with E-state index < -0.39 is 5.91 Å². The molecule has 0 bridgehead atoms. The molecule has 1 saturated carbocycles. The lowest BCUT2D eigenvalue weighted by atomic mass is 10.1. The average Bonchev–Trinajstić information content (AvgIpc) is 3.03. The van der Waals surface area contributed by atoms with Gasteiger partial charge >= 0.3 is 0 Å². The van der Waals surface area contributed by atoms with E-state index >= 15 is 0 Å². The van der Waals surface area contributed by atoms with Gasteiger partial charge in [-0.2, -0.15) is 0 Å². The van der Waals surface area contributed by atoms with Gasteiger partial charge in [0.15, 0.2) is 0 Å². The summed E-state index contributed by atoms with van der Waals surface area (Å²) in [6.45, 7) is 0.794. The summed E-state index contributed by atoms with van der Waals surface area (Å²) in [5.41, 5.74) is 11.6. The fourth-order valence-electron chi connectivity index (χ4n) is 2.55. The molecular weight excluding hydrogens is 276 g/mol. The summed E-state index contributed by atoms with van der Waals surface area (Å²) < 4.78 is 0. The van der Waals surface area contributed by atoms with E-state index in [0.717, 1.165) is 17.9 Å². The molecule has 1 aromatic heterocycles. The molecule has 0 spiro atoms. The summed E-state index contributed by atoms with van der Waals surface area (Å²) in [6, 6.07) is 0. The van der Waals surface area contributed by atoms with Gasteiger partial charge in [-0.25, -0.2) is 0 Å². The summed E-state index contributed by atoms with van der Waals surface area (Å²) in [5.74, 6) is -0.292. The number of primary amides is 1. The van der Waals surface area contributed by atoms with Crippen molar-refractivity contribution in [3.63, 3.8) is 0 Å². The van der Waals surface area contributed by atoms with Crippen molar-refractivity contribution in [2.45, 2.75) is 25.7 Å². The number of carbonyl (C=O) groups excluding carboxylic acids is 2. The Morgan fingerprint density at radius 3 is 2.55 bits per heavy atom. The maximum absolute atomic E-state index is 11.9. The van der Waals surface area contributed by atoms with Crippen molar-refractivity contribution in [1.29, 1.82) is 0 Å². The molecule has 1 aliphatic carbocycles. The second-order valence-electron chi connectivity index (χ2n) is 5.02. The molecule has 0 atom stereocenters. The Morgan fingerprint density at radius 1 is 1.35 bits per heavy atom. The Morgan fingerprint density at radius 2 is 2.00 bits per heavy atom. The molecule has 1 heterocycles. The normalized spacial score (nSPS) is 15.2. The zero-order valence-corrected chi connectivity index (χ0v) is 12.3. The van der Waals surface area contributed by atoms with Gasteiger partial charge in [0.25, 0.3) is 11.8 Å². The molecule has 7 heteroatoms. The van der Waals surface area contributed by atoms with Crippen LogP contribution in [0.3, 0.4) is 0 Å². The van der Waals surface area contributed by atoms with Crippen molar-refractivity contribution in [3.05, 3.63) is 10.4 Å². The fraction of sp³-hybridized carbons (Fsp3) is 0.538. The van der Waals surface area contributed by atoms with E-state index in [2.05, 4.69) is 10.6 Å². The maximum atomic E-state index is 11.9. The van der Waals surface area contributed by atoms with Crippen LogP contribution in [0.2, 0.25) is 0 Å². The number of nitrogens with one attached hydrogen (secondary N) is 2. The van der Waals surface area contributed by atoms with Gasteiger partial charge in [-0.1, -0.05) is 12.8 Å². The van der Waals surface area contributed by atoms with E-state index in [1.165, 1.54) is 32.7 Å². The van der Waals surface area contributed by atoms with Gasteiger partial charge in [0.2, 0.25) is 0 Å². The van der Waals surface area contributed by atoms with Gasteiger partial charge in [0.1, 0.15) is 9.88 Å². The number of nitrogen functional groups attached to an aromatic ring is 1. The van der Waals surface area contributed by atoms with Crippen LogP contribution in [0.25, 0.3) is 0 Å². The molecule has 6 N–H and O–H groups in total. The van der Waals surface area contributed by atoms with Crippen LogP contribution in [0.4, 0.5) is 10.7 Å². The van der Waals surface area contributed by atoms with Crippen LogP contribution in [0.5, 0.6) is 0 Å². The smallest absolute Gasteiger partial charge is 0.260 e. The van der Waals surface area contributed by atoms with Gasteiger partial charge in [-0.15, -0.1) is 11.3 Å². The molecule has 0 saturated heterocycles. The van der Waals surface area contributed by atoms with E-state index in [1.807, 2.05) is 0 Å². The predicted octanol–water partition coefficient (Wildman–Crippen LogP) is 1.39. The number of thiophene rings is 1. The highest BCUT2D eigenvalue weighted by molar-refractivity contribution is 7.19. The second-order valence-corrected chi connectivity index (χ2v) is 6.04. The molecule has 2 amide bonds. The number of hydrogen-bond acceptors (Lipinski definition) is 5. The van der Waals surface area contributed by atoms with E-state index in [9.17, 15) is 9.59 Å². The Hall–Kier alpha value is -1.76. The largest absolute Gasteiger partial charge is 0.397 e. The molecule has 1 aromatic rings. The first-order valence-corrected chi connectivity index (χ1v) is 7.54. The van der Waals surface area contributed by atoms with Crippen molar-refractivity contribution in [1.82, 2.24) is 5.32 Å². The molecule has 0 radical (unpaired) electrons. The van der Waals surface area contributed by atoms with Crippen LogP contribution < -0.4 is 22.1 Å². The Kier molecular flexibility index (Phi) is 4.49. The van der Waals surface area contributed by atoms with Crippen LogP contribution in [0.15, 0.2) is 0 Å². The first kappa shape index (κ1) is 14.6. The quantitative estimate of drug-likeness (QED) is 0.658. The van der Waals surface area contributed by atoms with E-state index in [1.54, 1.807) is 0 Å². The molecule has 0 unspecified atom stereocenters. The lowest BCUT2D eigenvalue weighted by molar-refractivity contribution is 0.0965. The van der Waals surface area contributed by atoms with Crippen LogP contribution in [-0.4, -0.2) is 25.4 Å². The van der Waals surface area contributed by atoms with Gasteiger partial charge < -0.3 is 22.1 Å². The molecule has 20 heavy (non-hydrogen) atoms. The molecule has 1 fully saturated rings. The Balaban J connectivity index is 2.22. The van der Waals surface area contributed by atoms with Gasteiger partial charge in [0, 0.05) is 13.6 Å². The number of anilines is 2. The third-order valence-corrected chi connectivity index (χ3v) is 4.83. The molecule has 2 rings (SSSR count). The zero-order chi connectivity index (χ0) is 14.7. The van der Waals surface area contributed by atoms with Crippen molar-refractivity contribution >= 4 is 33.8 Å². The fourth-order valence-corrected chi connectivity index (χ4v) is 3.53. The lowest BCUT2D eigenvalue weighted by Crippen LogP contribution is -2.21. The van der Waals surface area contributed by atoms with Crippen LogP contribution in [-0.2, 0) is 0 Å². The van der Waals surface area contributed by atoms with Crippen LogP contribution >= 0.6 is 11.3 Å². The van der Waals surface area contributed by atoms with E-state index in [4.69, 9.17) is 11.5 Å². The third-order valence-electron chi connectivity index (χ3n) is 3.65. The standard InChI is InChI=1S/C13H20N4O2S/c1-16-12(19)8-9(14)10(11(15)18)20-13(8)17-6-7-4-2-3-5-7/h7,17H,2-6,14H2,1H3,(H2,15,18)(H,16,19). The van der Waals surface area contributed by atoms with E-state index in [-0.39, 0.29) is 16.5 Å². The topological polar surface area (TPSA) is 110 Å². The number of rotatable bonds is 5. The van der Waals surface area contributed by atoms with Crippen LogP contribution in [0.1, 0.15) is 45.7 Å². The van der Waals surface area contributed by atoms with Gasteiger partial charge in [-0.05, 0) is 18.8 Å². The highest BCUT2D eigenvalue weighted by Crippen LogP contribution is 2.36. The maximum Gasteiger partial charge on any atom is 0.260 e. The number of amides is 2. The molecule has 0 aromatic carbocycles. The van der Waals surface area contributed by atoms with Crippen molar-refractivity contribution in [2.24, 2.45) is 11.7 Å². The predicted molar refractivity (Wildman–Crippen MR) is 81.1 cm³/mol. The average molecular weight is 296 g/mol. The molecule has 110 valence electrons. The van der Waals surface area contributed by atoms with Crippen molar-refractivity contribution < 1.29 is 9.59 Å². The number of hydrogen-bond donors (Lipinski definition) is 4. The highest BCUT2D eigenvalue weighted by atomic mass is 32.1. The van der Waals surface area contributed by atoms with Gasteiger partial charge in [0.05, 0.1) is 11.3 Å². The SMILES string of the molecule is CNC(=O)c1c(NCC2CCCC2)sc(C(N)=O)c1N. The summed E-state index contributed by atoms with van der Waals surface area (Å²) >= 11 is 1.15. The third kappa shape index (κ3) is 2.87. The summed E-state index contributed by atoms with van der Waals surface area (Å²) in [5, 5.41) is 6.42. The van der Waals surface area contributed by atoms with E-state index in [0.29, 0.717) is 16.5 Å². The first-order chi connectivity index (χ1) is 9.54. The lowest BCUT2D eigenvalue weighted by Gasteiger charge is -2.11. The summed E-state index contributed by atoms with van der Waals surface area (Å²) in [4.78, 5) is 23.5. The Labute approximate surface area is 121 Å². The minimum absolute atomic E-state index is 0.163. The van der Waals surface area contributed by atoms with Gasteiger partial charge in [-0.3, -0.25) is 9.59 Å². The van der Waals surface area contributed by atoms with Crippen molar-refractivity contribution in [2.75, 3.05) is 24.6 Å². The summed E-state index contributed by atoms with van der Waals surface area (Å²) in [6.07, 6.45) is 4.92.